The first kappa shape index (κ1) is 15.2. The molecule has 1 unspecified atom stereocenters. The van der Waals surface area contributed by atoms with E-state index in [0.29, 0.717) is 6.54 Å². The minimum absolute atomic E-state index is 0.0207. The van der Waals surface area contributed by atoms with Crippen LogP contribution in [0.1, 0.15) is 36.8 Å². The zero-order valence-electron chi connectivity index (χ0n) is 12.2. The Hall–Kier alpha value is -2.16. The van der Waals surface area contributed by atoms with Gasteiger partial charge in [0.1, 0.15) is 5.82 Å². The maximum Gasteiger partial charge on any atom is 0.227 e. The van der Waals surface area contributed by atoms with E-state index in [9.17, 15) is 9.18 Å². The van der Waals surface area contributed by atoms with E-state index < -0.39 is 0 Å². The molecule has 0 aromatic heterocycles. The highest BCUT2D eigenvalue weighted by molar-refractivity contribution is 5.83. The van der Waals surface area contributed by atoms with Crippen LogP contribution in [0, 0.1) is 5.82 Å². The molecule has 3 heteroatoms. The van der Waals surface area contributed by atoms with Crippen LogP contribution in [0.2, 0.25) is 0 Å². The van der Waals surface area contributed by atoms with Crippen molar-refractivity contribution >= 4 is 5.91 Å². The average molecular weight is 285 g/mol. The Kier molecular flexibility index (Phi) is 5.50. The lowest BCUT2D eigenvalue weighted by atomic mass is 9.93. The van der Waals surface area contributed by atoms with Crippen LogP contribution in [0.15, 0.2) is 54.6 Å². The highest BCUT2D eigenvalue weighted by Crippen LogP contribution is 2.21. The Morgan fingerprint density at radius 3 is 2.38 bits per heavy atom. The first-order chi connectivity index (χ1) is 10.2. The Labute approximate surface area is 125 Å². The van der Waals surface area contributed by atoms with Crippen LogP contribution < -0.4 is 5.32 Å². The predicted molar refractivity (Wildman–Crippen MR) is 82.3 cm³/mol. The fraction of sp³-hybridized carbons (Fsp3) is 0.278. The first-order valence-electron chi connectivity index (χ1n) is 7.27. The number of halogens is 1. The molecule has 21 heavy (non-hydrogen) atoms. The number of benzene rings is 2. The summed E-state index contributed by atoms with van der Waals surface area (Å²) in [5.74, 6) is -0.373. The van der Waals surface area contributed by atoms with Crippen LogP contribution in [0.4, 0.5) is 4.39 Å². The lowest BCUT2D eigenvalue weighted by Gasteiger charge is -2.16. The maximum absolute atomic E-state index is 12.8. The summed E-state index contributed by atoms with van der Waals surface area (Å²) in [5, 5.41) is 2.94. The van der Waals surface area contributed by atoms with Crippen molar-refractivity contribution in [2.24, 2.45) is 0 Å². The van der Waals surface area contributed by atoms with Crippen LogP contribution in [-0.2, 0) is 11.3 Å². The second kappa shape index (κ2) is 7.58. The topological polar surface area (TPSA) is 29.1 Å². The molecule has 0 heterocycles. The Balaban J connectivity index is 2.00. The number of nitrogens with one attached hydrogen (secondary N) is 1. The third-order valence-electron chi connectivity index (χ3n) is 3.48. The van der Waals surface area contributed by atoms with Crippen molar-refractivity contribution in [3.63, 3.8) is 0 Å². The van der Waals surface area contributed by atoms with Gasteiger partial charge in [0.15, 0.2) is 0 Å². The molecule has 0 radical (unpaired) electrons. The molecule has 0 bridgehead atoms. The van der Waals surface area contributed by atoms with E-state index in [4.69, 9.17) is 0 Å². The normalized spacial score (nSPS) is 11.9. The van der Waals surface area contributed by atoms with Crippen LogP contribution in [0.3, 0.4) is 0 Å². The molecule has 1 N–H and O–H groups in total. The Morgan fingerprint density at radius 2 is 1.76 bits per heavy atom. The lowest BCUT2D eigenvalue weighted by molar-refractivity contribution is -0.122. The van der Waals surface area contributed by atoms with Gasteiger partial charge in [-0.05, 0) is 29.7 Å². The summed E-state index contributed by atoms with van der Waals surface area (Å²) in [6.07, 6.45) is 1.77. The third kappa shape index (κ3) is 4.42. The van der Waals surface area contributed by atoms with Crippen molar-refractivity contribution in [1.29, 1.82) is 0 Å². The molecule has 0 fully saturated rings. The van der Waals surface area contributed by atoms with Gasteiger partial charge in [0.25, 0.3) is 0 Å². The van der Waals surface area contributed by atoms with Gasteiger partial charge in [-0.2, -0.15) is 0 Å². The van der Waals surface area contributed by atoms with E-state index in [0.717, 1.165) is 24.0 Å². The molecular weight excluding hydrogens is 265 g/mol. The lowest BCUT2D eigenvalue weighted by Crippen LogP contribution is -2.29. The SMILES string of the molecule is CCCC(C(=O)NCc1ccc(F)cc1)c1ccccc1. The third-order valence-corrected chi connectivity index (χ3v) is 3.48. The van der Waals surface area contributed by atoms with Gasteiger partial charge in [-0.3, -0.25) is 4.79 Å². The van der Waals surface area contributed by atoms with Gasteiger partial charge in [0.05, 0.1) is 5.92 Å². The molecular formula is C18H20FNO. The summed E-state index contributed by atoms with van der Waals surface area (Å²) < 4.78 is 12.8. The molecule has 2 aromatic carbocycles. The fourth-order valence-electron chi connectivity index (χ4n) is 2.34. The van der Waals surface area contributed by atoms with Gasteiger partial charge < -0.3 is 5.32 Å². The highest BCUT2D eigenvalue weighted by atomic mass is 19.1. The molecule has 0 aliphatic carbocycles. The van der Waals surface area contributed by atoms with E-state index in [-0.39, 0.29) is 17.6 Å². The standard InChI is InChI=1S/C18H20FNO/c1-2-6-17(15-7-4-3-5-8-15)18(21)20-13-14-9-11-16(19)12-10-14/h3-5,7-12,17H,2,6,13H2,1H3,(H,20,21). The largest absolute Gasteiger partial charge is 0.351 e. The minimum Gasteiger partial charge on any atom is -0.351 e. The van der Waals surface area contributed by atoms with Gasteiger partial charge in [-0.25, -0.2) is 4.39 Å². The summed E-state index contributed by atoms with van der Waals surface area (Å²) in [6, 6.07) is 16.0. The summed E-state index contributed by atoms with van der Waals surface area (Å²) >= 11 is 0. The summed E-state index contributed by atoms with van der Waals surface area (Å²) in [6.45, 7) is 2.50. The van der Waals surface area contributed by atoms with E-state index in [1.807, 2.05) is 30.3 Å². The van der Waals surface area contributed by atoms with Crippen LogP contribution in [-0.4, -0.2) is 5.91 Å². The number of carbonyl (C=O) groups is 1. The van der Waals surface area contributed by atoms with Gasteiger partial charge in [0.2, 0.25) is 5.91 Å². The number of amides is 1. The molecule has 110 valence electrons. The molecule has 2 aromatic rings. The smallest absolute Gasteiger partial charge is 0.227 e. The zero-order valence-corrected chi connectivity index (χ0v) is 12.2. The van der Waals surface area contributed by atoms with Crippen molar-refractivity contribution in [1.82, 2.24) is 5.32 Å². The van der Waals surface area contributed by atoms with Gasteiger partial charge in [0, 0.05) is 6.54 Å². The minimum atomic E-state index is -0.266. The monoisotopic (exact) mass is 285 g/mol. The molecule has 0 aliphatic heterocycles. The van der Waals surface area contributed by atoms with Gasteiger partial charge in [-0.15, -0.1) is 0 Å². The summed E-state index contributed by atoms with van der Waals surface area (Å²) in [4.78, 5) is 12.4. The molecule has 0 saturated carbocycles. The van der Waals surface area contributed by atoms with Crippen molar-refractivity contribution in [2.75, 3.05) is 0 Å². The Bertz CT molecular complexity index is 566. The van der Waals surface area contributed by atoms with Crippen LogP contribution in [0.5, 0.6) is 0 Å². The van der Waals surface area contributed by atoms with Crippen LogP contribution >= 0.6 is 0 Å². The molecule has 0 aliphatic rings. The van der Waals surface area contributed by atoms with E-state index in [2.05, 4.69) is 12.2 Å². The number of hydrogen-bond acceptors (Lipinski definition) is 1. The Morgan fingerprint density at radius 1 is 1.10 bits per heavy atom. The molecule has 2 rings (SSSR count). The maximum atomic E-state index is 12.8. The van der Waals surface area contributed by atoms with Crippen molar-refractivity contribution < 1.29 is 9.18 Å². The number of carbonyl (C=O) groups excluding carboxylic acids is 1. The second-order valence-corrected chi connectivity index (χ2v) is 5.10. The fourth-order valence-corrected chi connectivity index (χ4v) is 2.34. The van der Waals surface area contributed by atoms with E-state index in [1.54, 1.807) is 12.1 Å². The van der Waals surface area contributed by atoms with Crippen molar-refractivity contribution in [3.05, 3.63) is 71.5 Å². The molecule has 1 atom stereocenters. The quantitative estimate of drug-likeness (QED) is 0.853. The van der Waals surface area contributed by atoms with Gasteiger partial charge in [-0.1, -0.05) is 55.8 Å². The van der Waals surface area contributed by atoms with E-state index >= 15 is 0 Å². The predicted octanol–water partition coefficient (Wildman–Crippen LogP) is 4.03. The number of hydrogen-bond donors (Lipinski definition) is 1. The summed E-state index contributed by atoms with van der Waals surface area (Å²) in [5.41, 5.74) is 1.93. The molecule has 0 saturated heterocycles. The van der Waals surface area contributed by atoms with Crippen molar-refractivity contribution in [3.8, 4) is 0 Å². The van der Waals surface area contributed by atoms with E-state index in [1.165, 1.54) is 12.1 Å². The van der Waals surface area contributed by atoms with Crippen LogP contribution in [0.25, 0.3) is 0 Å². The average Bonchev–Trinajstić information content (AvgIpc) is 2.52. The zero-order chi connectivity index (χ0) is 15.1. The first-order valence-corrected chi connectivity index (χ1v) is 7.27. The summed E-state index contributed by atoms with van der Waals surface area (Å²) in [7, 11) is 0. The molecule has 2 nitrogen and oxygen atoms in total. The van der Waals surface area contributed by atoms with Crippen molar-refractivity contribution in [2.45, 2.75) is 32.2 Å². The molecule has 0 spiro atoms. The highest BCUT2D eigenvalue weighted by Gasteiger charge is 2.18. The second-order valence-electron chi connectivity index (χ2n) is 5.10. The van der Waals surface area contributed by atoms with Gasteiger partial charge >= 0.3 is 0 Å². The molecule has 1 amide bonds. The number of rotatable bonds is 6.